The minimum atomic E-state index is 0.0248. The first-order chi connectivity index (χ1) is 12.2. The molecule has 0 aliphatic carbocycles. The number of rotatable bonds is 6. The molecular formula is C22H26N2O. The van der Waals surface area contributed by atoms with Gasteiger partial charge in [-0.15, -0.1) is 0 Å². The van der Waals surface area contributed by atoms with Crippen molar-refractivity contribution in [1.29, 1.82) is 0 Å². The lowest BCUT2D eigenvalue weighted by molar-refractivity contribution is 0.0949. The standard InChI is InChI=1S/C22H26N2O/c1-17(14-18-8-3-2-4-9-18)15-19-10-5-6-12-21(19)22(25)24-16-20-11-7-13-23-20/h2-6,8-10,12,14,20,23H,7,11,13,15-16H2,1H3,(H,24,25)/t20-/m0/s1. The van der Waals surface area contributed by atoms with E-state index < -0.39 is 0 Å². The van der Waals surface area contributed by atoms with E-state index in [1.807, 2.05) is 42.5 Å². The highest BCUT2D eigenvalue weighted by Crippen LogP contribution is 2.16. The van der Waals surface area contributed by atoms with Crippen molar-refractivity contribution in [3.05, 3.63) is 76.9 Å². The molecule has 1 saturated heterocycles. The second-order valence-electron chi connectivity index (χ2n) is 6.74. The van der Waals surface area contributed by atoms with Gasteiger partial charge in [0.15, 0.2) is 0 Å². The third-order valence-corrected chi connectivity index (χ3v) is 4.62. The summed E-state index contributed by atoms with van der Waals surface area (Å²) in [7, 11) is 0. The van der Waals surface area contributed by atoms with Crippen molar-refractivity contribution < 1.29 is 4.79 Å². The molecule has 25 heavy (non-hydrogen) atoms. The van der Waals surface area contributed by atoms with Crippen LogP contribution in [0, 0.1) is 0 Å². The number of hydrogen-bond donors (Lipinski definition) is 2. The molecule has 130 valence electrons. The summed E-state index contributed by atoms with van der Waals surface area (Å²) >= 11 is 0. The van der Waals surface area contributed by atoms with E-state index in [0.29, 0.717) is 12.6 Å². The van der Waals surface area contributed by atoms with E-state index >= 15 is 0 Å². The molecule has 1 amide bonds. The monoisotopic (exact) mass is 334 g/mol. The minimum absolute atomic E-state index is 0.0248. The molecule has 1 atom stereocenters. The molecule has 3 heteroatoms. The third-order valence-electron chi connectivity index (χ3n) is 4.62. The predicted molar refractivity (Wildman–Crippen MR) is 104 cm³/mol. The van der Waals surface area contributed by atoms with Gasteiger partial charge >= 0.3 is 0 Å². The zero-order chi connectivity index (χ0) is 17.5. The maximum Gasteiger partial charge on any atom is 0.251 e. The fourth-order valence-corrected chi connectivity index (χ4v) is 3.32. The molecule has 0 aromatic heterocycles. The molecule has 3 nitrogen and oxygen atoms in total. The maximum atomic E-state index is 12.6. The first-order valence-electron chi connectivity index (χ1n) is 9.04. The topological polar surface area (TPSA) is 41.1 Å². The molecule has 0 unspecified atom stereocenters. The van der Waals surface area contributed by atoms with E-state index in [1.165, 1.54) is 17.6 Å². The van der Waals surface area contributed by atoms with Gasteiger partial charge in [0.05, 0.1) is 0 Å². The van der Waals surface area contributed by atoms with Crippen molar-refractivity contribution in [3.63, 3.8) is 0 Å². The van der Waals surface area contributed by atoms with E-state index in [2.05, 4.69) is 35.8 Å². The van der Waals surface area contributed by atoms with Crippen LogP contribution >= 0.6 is 0 Å². The summed E-state index contributed by atoms with van der Waals surface area (Å²) in [4.78, 5) is 12.6. The Morgan fingerprint density at radius 3 is 2.68 bits per heavy atom. The number of amides is 1. The molecule has 2 aromatic carbocycles. The maximum absolute atomic E-state index is 12.6. The highest BCUT2D eigenvalue weighted by atomic mass is 16.1. The highest BCUT2D eigenvalue weighted by Gasteiger charge is 2.16. The van der Waals surface area contributed by atoms with Crippen LogP contribution in [0.4, 0.5) is 0 Å². The molecule has 0 radical (unpaired) electrons. The van der Waals surface area contributed by atoms with Gasteiger partial charge in [-0.2, -0.15) is 0 Å². The van der Waals surface area contributed by atoms with E-state index in [0.717, 1.165) is 30.5 Å². The van der Waals surface area contributed by atoms with Crippen molar-refractivity contribution in [1.82, 2.24) is 10.6 Å². The lowest BCUT2D eigenvalue weighted by Gasteiger charge is -2.14. The molecule has 2 aromatic rings. The zero-order valence-electron chi connectivity index (χ0n) is 14.8. The zero-order valence-corrected chi connectivity index (χ0v) is 14.8. The summed E-state index contributed by atoms with van der Waals surface area (Å²) in [6.45, 7) is 3.87. The van der Waals surface area contributed by atoms with Gasteiger partial charge in [0, 0.05) is 18.2 Å². The van der Waals surface area contributed by atoms with Gasteiger partial charge in [-0.05, 0) is 49.9 Å². The first-order valence-corrected chi connectivity index (χ1v) is 9.04. The van der Waals surface area contributed by atoms with Gasteiger partial charge in [-0.25, -0.2) is 0 Å². The van der Waals surface area contributed by atoms with Crippen LogP contribution in [0.2, 0.25) is 0 Å². The van der Waals surface area contributed by atoms with Gasteiger partial charge in [0.1, 0.15) is 0 Å². The second-order valence-corrected chi connectivity index (χ2v) is 6.74. The van der Waals surface area contributed by atoms with Crippen molar-refractivity contribution >= 4 is 12.0 Å². The Balaban J connectivity index is 1.67. The van der Waals surface area contributed by atoms with E-state index in [4.69, 9.17) is 0 Å². The number of benzene rings is 2. The molecule has 3 rings (SSSR count). The van der Waals surface area contributed by atoms with Gasteiger partial charge in [0.25, 0.3) is 5.91 Å². The van der Waals surface area contributed by atoms with Crippen LogP contribution in [0.5, 0.6) is 0 Å². The molecule has 0 spiro atoms. The molecule has 1 aliphatic rings. The molecule has 1 heterocycles. The Kier molecular flexibility index (Phi) is 6.02. The average Bonchev–Trinajstić information content (AvgIpc) is 3.14. The molecule has 0 bridgehead atoms. The van der Waals surface area contributed by atoms with E-state index in [1.54, 1.807) is 0 Å². The van der Waals surface area contributed by atoms with E-state index in [-0.39, 0.29) is 5.91 Å². The quantitative estimate of drug-likeness (QED) is 0.843. The van der Waals surface area contributed by atoms with Gasteiger partial charge in [-0.3, -0.25) is 4.79 Å². The fourth-order valence-electron chi connectivity index (χ4n) is 3.32. The molecule has 2 N–H and O–H groups in total. The van der Waals surface area contributed by atoms with Gasteiger partial charge in [0.2, 0.25) is 0 Å². The Bertz CT molecular complexity index is 731. The molecule has 1 aliphatic heterocycles. The molecular weight excluding hydrogens is 308 g/mol. The fraction of sp³-hybridized carbons (Fsp3) is 0.318. The molecule has 1 fully saturated rings. The Labute approximate surface area is 150 Å². The first kappa shape index (κ1) is 17.4. The Hall–Kier alpha value is -2.39. The minimum Gasteiger partial charge on any atom is -0.350 e. The number of allylic oxidation sites excluding steroid dienone is 1. The Morgan fingerprint density at radius 1 is 1.16 bits per heavy atom. The highest BCUT2D eigenvalue weighted by molar-refractivity contribution is 5.95. The largest absolute Gasteiger partial charge is 0.350 e. The summed E-state index contributed by atoms with van der Waals surface area (Å²) in [6.07, 6.45) is 5.29. The summed E-state index contributed by atoms with van der Waals surface area (Å²) in [5.74, 6) is 0.0248. The SMILES string of the molecule is CC(=Cc1ccccc1)Cc1ccccc1C(=O)NC[C@@H]1CCCN1. The third kappa shape index (κ3) is 5.04. The number of nitrogens with one attached hydrogen (secondary N) is 2. The van der Waals surface area contributed by atoms with Crippen molar-refractivity contribution in [2.45, 2.75) is 32.2 Å². The van der Waals surface area contributed by atoms with Crippen LogP contribution in [0.3, 0.4) is 0 Å². The van der Waals surface area contributed by atoms with Crippen molar-refractivity contribution in [2.75, 3.05) is 13.1 Å². The number of hydrogen-bond acceptors (Lipinski definition) is 2. The van der Waals surface area contributed by atoms with Crippen LogP contribution in [0.15, 0.2) is 60.2 Å². The smallest absolute Gasteiger partial charge is 0.251 e. The lowest BCUT2D eigenvalue weighted by atomic mass is 9.98. The number of carbonyl (C=O) groups is 1. The van der Waals surface area contributed by atoms with Crippen LogP contribution in [0.25, 0.3) is 6.08 Å². The predicted octanol–water partition coefficient (Wildman–Crippen LogP) is 3.81. The van der Waals surface area contributed by atoms with Gasteiger partial charge in [-0.1, -0.05) is 60.2 Å². The van der Waals surface area contributed by atoms with Crippen LogP contribution in [0.1, 0.15) is 41.3 Å². The molecule has 0 saturated carbocycles. The number of carbonyl (C=O) groups excluding carboxylic acids is 1. The van der Waals surface area contributed by atoms with Crippen molar-refractivity contribution in [3.8, 4) is 0 Å². The summed E-state index contributed by atoms with van der Waals surface area (Å²) in [5, 5.41) is 6.50. The second kappa shape index (κ2) is 8.63. The van der Waals surface area contributed by atoms with Crippen LogP contribution in [-0.4, -0.2) is 25.0 Å². The van der Waals surface area contributed by atoms with Crippen LogP contribution < -0.4 is 10.6 Å². The van der Waals surface area contributed by atoms with E-state index in [9.17, 15) is 4.79 Å². The summed E-state index contributed by atoms with van der Waals surface area (Å²) < 4.78 is 0. The van der Waals surface area contributed by atoms with Crippen molar-refractivity contribution in [2.24, 2.45) is 0 Å². The van der Waals surface area contributed by atoms with Crippen LogP contribution in [-0.2, 0) is 6.42 Å². The van der Waals surface area contributed by atoms with Gasteiger partial charge < -0.3 is 10.6 Å². The lowest BCUT2D eigenvalue weighted by Crippen LogP contribution is -2.37. The summed E-state index contributed by atoms with van der Waals surface area (Å²) in [6, 6.07) is 18.6. The average molecular weight is 334 g/mol. The Morgan fingerprint density at radius 2 is 1.92 bits per heavy atom. The normalized spacial score (nSPS) is 17.5. The summed E-state index contributed by atoms with van der Waals surface area (Å²) in [5.41, 5.74) is 4.28.